The highest BCUT2D eigenvalue weighted by Crippen LogP contribution is 2.26. The summed E-state index contributed by atoms with van der Waals surface area (Å²) in [5.74, 6) is 1.10. The minimum atomic E-state index is -0.114. The summed E-state index contributed by atoms with van der Waals surface area (Å²) in [5.41, 5.74) is 8.37. The normalized spacial score (nSPS) is 12.6. The summed E-state index contributed by atoms with van der Waals surface area (Å²) in [6.07, 6.45) is 0.699. The Hall–Kier alpha value is -1.88. The second-order valence-corrected chi connectivity index (χ2v) is 4.38. The summed E-state index contributed by atoms with van der Waals surface area (Å²) in [6.45, 7) is 6.58. The molecule has 5 nitrogen and oxygen atoms in total. The summed E-state index contributed by atoms with van der Waals surface area (Å²) < 4.78 is 10.9. The third-order valence-corrected chi connectivity index (χ3v) is 2.95. The smallest absolute Gasteiger partial charge is 0.258 e. The monoisotopic (exact) mass is 261 g/mol. The van der Waals surface area contributed by atoms with Crippen LogP contribution in [-0.2, 0) is 4.74 Å². The van der Waals surface area contributed by atoms with Crippen LogP contribution in [0.25, 0.3) is 11.5 Å². The van der Waals surface area contributed by atoms with Gasteiger partial charge in [0.05, 0.1) is 0 Å². The molecule has 0 saturated heterocycles. The van der Waals surface area contributed by atoms with E-state index in [9.17, 15) is 0 Å². The Bertz CT molecular complexity index is 551. The second kappa shape index (κ2) is 5.84. The van der Waals surface area contributed by atoms with Crippen LogP contribution >= 0.6 is 0 Å². The molecule has 0 saturated carbocycles. The zero-order valence-electron chi connectivity index (χ0n) is 11.5. The first-order valence-corrected chi connectivity index (χ1v) is 6.47. The fourth-order valence-electron chi connectivity index (χ4n) is 1.98. The van der Waals surface area contributed by atoms with Crippen molar-refractivity contribution in [1.29, 1.82) is 0 Å². The highest BCUT2D eigenvalue weighted by Gasteiger charge is 2.18. The molecule has 0 aliphatic carbocycles. The van der Waals surface area contributed by atoms with Crippen LogP contribution in [0.1, 0.15) is 37.8 Å². The van der Waals surface area contributed by atoms with E-state index in [2.05, 4.69) is 10.1 Å². The van der Waals surface area contributed by atoms with Crippen molar-refractivity contribution in [2.24, 2.45) is 0 Å². The molecule has 0 bridgehead atoms. The Balaban J connectivity index is 2.29. The molecule has 1 atom stereocenters. The maximum atomic E-state index is 5.73. The first-order valence-electron chi connectivity index (χ1n) is 6.47. The van der Waals surface area contributed by atoms with Gasteiger partial charge >= 0.3 is 0 Å². The summed E-state index contributed by atoms with van der Waals surface area (Å²) >= 11 is 0. The zero-order valence-corrected chi connectivity index (χ0v) is 11.5. The molecule has 1 aromatic heterocycles. The molecule has 2 rings (SSSR count). The molecule has 0 aliphatic rings. The minimum absolute atomic E-state index is 0.114. The van der Waals surface area contributed by atoms with Crippen molar-refractivity contribution in [3.05, 3.63) is 29.6 Å². The number of nitrogens with zero attached hydrogens (tertiary/aromatic N) is 2. The van der Waals surface area contributed by atoms with Crippen molar-refractivity contribution in [2.75, 3.05) is 12.3 Å². The highest BCUT2D eigenvalue weighted by molar-refractivity contribution is 5.62. The lowest BCUT2D eigenvalue weighted by atomic mass is 10.1. The Morgan fingerprint density at radius 1 is 1.37 bits per heavy atom. The van der Waals surface area contributed by atoms with Crippen LogP contribution in [-0.4, -0.2) is 16.7 Å². The number of aromatic nitrogens is 2. The van der Waals surface area contributed by atoms with Crippen LogP contribution in [0.3, 0.4) is 0 Å². The average Bonchev–Trinajstić information content (AvgIpc) is 2.85. The molecule has 5 heteroatoms. The van der Waals surface area contributed by atoms with E-state index in [1.807, 2.05) is 39.0 Å². The maximum Gasteiger partial charge on any atom is 0.258 e. The van der Waals surface area contributed by atoms with Gasteiger partial charge in [-0.2, -0.15) is 4.98 Å². The number of hydrogen-bond acceptors (Lipinski definition) is 5. The number of anilines is 1. The second-order valence-electron chi connectivity index (χ2n) is 4.38. The molecule has 1 unspecified atom stereocenters. The Kier molecular flexibility index (Phi) is 4.16. The SMILES string of the molecule is CCOC(CC)c1noc(-c2ccc(N)cc2C)n1. The van der Waals surface area contributed by atoms with Crippen molar-refractivity contribution in [3.8, 4) is 11.5 Å². The third-order valence-electron chi connectivity index (χ3n) is 2.95. The number of hydrogen-bond donors (Lipinski definition) is 1. The highest BCUT2D eigenvalue weighted by atomic mass is 16.5. The van der Waals surface area contributed by atoms with E-state index in [1.165, 1.54) is 0 Å². The van der Waals surface area contributed by atoms with Gasteiger partial charge in [0.2, 0.25) is 5.82 Å². The van der Waals surface area contributed by atoms with Gasteiger partial charge in [0.15, 0.2) is 0 Å². The number of ether oxygens (including phenoxy) is 1. The van der Waals surface area contributed by atoms with Crippen LogP contribution < -0.4 is 5.73 Å². The van der Waals surface area contributed by atoms with E-state index >= 15 is 0 Å². The topological polar surface area (TPSA) is 74.2 Å². The Labute approximate surface area is 112 Å². The first kappa shape index (κ1) is 13.5. The fraction of sp³-hybridized carbons (Fsp3) is 0.429. The van der Waals surface area contributed by atoms with Gasteiger partial charge in [0, 0.05) is 17.9 Å². The van der Waals surface area contributed by atoms with Gasteiger partial charge in [-0.15, -0.1) is 0 Å². The number of aryl methyl sites for hydroxylation is 1. The molecular formula is C14H19N3O2. The van der Waals surface area contributed by atoms with Gasteiger partial charge in [0.25, 0.3) is 5.89 Å². The maximum absolute atomic E-state index is 5.73. The lowest BCUT2D eigenvalue weighted by Gasteiger charge is -2.09. The molecule has 0 amide bonds. The van der Waals surface area contributed by atoms with Crippen molar-refractivity contribution in [2.45, 2.75) is 33.3 Å². The van der Waals surface area contributed by atoms with Crippen molar-refractivity contribution in [3.63, 3.8) is 0 Å². The van der Waals surface area contributed by atoms with E-state index in [1.54, 1.807) is 0 Å². The molecule has 0 spiro atoms. The standard InChI is InChI=1S/C14H19N3O2/c1-4-12(18-5-2)13-16-14(19-17-13)11-7-6-10(15)8-9(11)3/h6-8,12H,4-5,15H2,1-3H3. The molecule has 0 fully saturated rings. The molecule has 0 aliphatic heterocycles. The molecule has 2 N–H and O–H groups in total. The predicted molar refractivity (Wildman–Crippen MR) is 73.5 cm³/mol. The van der Waals surface area contributed by atoms with Crippen molar-refractivity contribution < 1.29 is 9.26 Å². The molecule has 2 aromatic rings. The summed E-state index contributed by atoms with van der Waals surface area (Å²) in [7, 11) is 0. The Morgan fingerprint density at radius 3 is 2.79 bits per heavy atom. The number of nitrogens with two attached hydrogens (primary N) is 1. The minimum Gasteiger partial charge on any atom is -0.399 e. The molecule has 102 valence electrons. The zero-order chi connectivity index (χ0) is 13.8. The lowest BCUT2D eigenvalue weighted by molar-refractivity contribution is 0.0518. The summed E-state index contributed by atoms with van der Waals surface area (Å²) in [4.78, 5) is 4.42. The van der Waals surface area contributed by atoms with Gasteiger partial charge < -0.3 is 15.0 Å². The molecule has 0 radical (unpaired) electrons. The largest absolute Gasteiger partial charge is 0.399 e. The average molecular weight is 261 g/mol. The molecular weight excluding hydrogens is 242 g/mol. The lowest BCUT2D eigenvalue weighted by Crippen LogP contribution is -2.04. The van der Waals surface area contributed by atoms with Crippen molar-refractivity contribution in [1.82, 2.24) is 10.1 Å². The van der Waals surface area contributed by atoms with Crippen LogP contribution in [0.2, 0.25) is 0 Å². The van der Waals surface area contributed by atoms with Crippen molar-refractivity contribution >= 4 is 5.69 Å². The first-order chi connectivity index (χ1) is 9.15. The quantitative estimate of drug-likeness (QED) is 0.837. The van der Waals surface area contributed by atoms with Gasteiger partial charge in [-0.05, 0) is 44.0 Å². The van der Waals surface area contributed by atoms with Crippen LogP contribution in [0.15, 0.2) is 22.7 Å². The van der Waals surface area contributed by atoms with E-state index in [0.29, 0.717) is 18.3 Å². The van der Waals surface area contributed by atoms with Gasteiger partial charge in [-0.1, -0.05) is 12.1 Å². The van der Waals surface area contributed by atoms with E-state index < -0.39 is 0 Å². The summed E-state index contributed by atoms with van der Waals surface area (Å²) in [5, 5.41) is 4.00. The van der Waals surface area contributed by atoms with E-state index in [-0.39, 0.29) is 6.10 Å². The number of nitrogen functional groups attached to an aromatic ring is 1. The molecule has 1 heterocycles. The molecule has 1 aromatic carbocycles. The Morgan fingerprint density at radius 2 is 2.16 bits per heavy atom. The van der Waals surface area contributed by atoms with Crippen LogP contribution in [0.5, 0.6) is 0 Å². The van der Waals surface area contributed by atoms with E-state index in [0.717, 1.165) is 23.2 Å². The summed E-state index contributed by atoms with van der Waals surface area (Å²) in [6, 6.07) is 5.61. The fourth-order valence-corrected chi connectivity index (χ4v) is 1.98. The van der Waals surface area contributed by atoms with Gasteiger partial charge in [-0.25, -0.2) is 0 Å². The van der Waals surface area contributed by atoms with Crippen LogP contribution in [0, 0.1) is 6.92 Å². The van der Waals surface area contributed by atoms with Gasteiger partial charge in [-0.3, -0.25) is 0 Å². The third kappa shape index (κ3) is 2.93. The molecule has 19 heavy (non-hydrogen) atoms. The number of benzene rings is 1. The predicted octanol–water partition coefficient (Wildman–Crippen LogP) is 3.11. The van der Waals surface area contributed by atoms with E-state index in [4.69, 9.17) is 15.0 Å². The van der Waals surface area contributed by atoms with Crippen LogP contribution in [0.4, 0.5) is 5.69 Å². The number of rotatable bonds is 5. The van der Waals surface area contributed by atoms with Gasteiger partial charge in [0.1, 0.15) is 6.10 Å².